The first-order valence-corrected chi connectivity index (χ1v) is 6.67. The number of anilines is 2. The van der Waals surface area contributed by atoms with Crippen LogP contribution in [0.1, 0.15) is 13.8 Å². The van der Waals surface area contributed by atoms with Gasteiger partial charge in [0.15, 0.2) is 0 Å². The molecule has 1 aromatic heterocycles. The van der Waals surface area contributed by atoms with Crippen LogP contribution in [-0.4, -0.2) is 23.5 Å². The molecule has 0 radical (unpaired) electrons. The smallest absolute Gasteiger partial charge is 0.242 e. The van der Waals surface area contributed by atoms with E-state index in [1.54, 1.807) is 23.8 Å². The first kappa shape index (κ1) is 12.6. The maximum atomic E-state index is 11.6. The van der Waals surface area contributed by atoms with Gasteiger partial charge in [-0.25, -0.2) is 4.98 Å². The Hall–Kier alpha value is -1.82. The molecule has 0 aliphatic heterocycles. The summed E-state index contributed by atoms with van der Waals surface area (Å²) in [6.07, 6.45) is 0. The zero-order chi connectivity index (χ0) is 13.1. The highest BCUT2D eigenvalue weighted by Crippen LogP contribution is 2.30. The number of carbonyl (C=O) groups excluding carboxylic acids is 1. The summed E-state index contributed by atoms with van der Waals surface area (Å²) in [6, 6.07) is 3.50. The van der Waals surface area contributed by atoms with Crippen molar-refractivity contribution in [1.29, 1.82) is 0 Å². The second-order valence-electron chi connectivity index (χ2n) is 3.99. The summed E-state index contributed by atoms with van der Waals surface area (Å²) in [5.41, 5.74) is 9.91. The van der Waals surface area contributed by atoms with Gasteiger partial charge in [0, 0.05) is 6.54 Å². The molecule has 2 aromatic rings. The number of thiazole rings is 1. The summed E-state index contributed by atoms with van der Waals surface area (Å²) in [7, 11) is 0. The van der Waals surface area contributed by atoms with Crippen molar-refractivity contribution in [2.45, 2.75) is 19.9 Å². The molecule has 1 amide bonds. The van der Waals surface area contributed by atoms with Gasteiger partial charge in [-0.2, -0.15) is 0 Å². The lowest BCUT2D eigenvalue weighted by atomic mass is 10.2. The molecule has 1 aromatic carbocycles. The fraction of sp³-hybridized carbons (Fsp3) is 0.333. The van der Waals surface area contributed by atoms with Gasteiger partial charge in [0.1, 0.15) is 11.6 Å². The predicted octanol–water partition coefficient (Wildman–Crippen LogP) is 1.81. The van der Waals surface area contributed by atoms with Crippen LogP contribution in [0.4, 0.5) is 11.4 Å². The zero-order valence-corrected chi connectivity index (χ0v) is 11.2. The lowest BCUT2D eigenvalue weighted by Crippen LogP contribution is -2.37. The molecular weight excluding hydrogens is 248 g/mol. The van der Waals surface area contributed by atoms with Crippen LogP contribution in [0.2, 0.25) is 0 Å². The summed E-state index contributed by atoms with van der Waals surface area (Å²) in [6.45, 7) is 4.31. The largest absolute Gasteiger partial charge is 0.395 e. The summed E-state index contributed by atoms with van der Waals surface area (Å²) < 4.78 is 1.05. The van der Waals surface area contributed by atoms with Crippen molar-refractivity contribution in [3.63, 3.8) is 0 Å². The number of amides is 1. The van der Waals surface area contributed by atoms with Gasteiger partial charge in [-0.3, -0.25) is 4.79 Å². The highest BCUT2D eigenvalue weighted by molar-refractivity contribution is 7.16. The Morgan fingerprint density at radius 3 is 3.06 bits per heavy atom. The third kappa shape index (κ3) is 2.38. The first-order valence-electron chi connectivity index (χ1n) is 5.79. The van der Waals surface area contributed by atoms with Crippen LogP contribution >= 0.6 is 11.3 Å². The van der Waals surface area contributed by atoms with E-state index in [0.717, 1.165) is 15.9 Å². The number of carbonyl (C=O) groups is 1. The number of nitrogens with two attached hydrogens (primary N) is 1. The van der Waals surface area contributed by atoms with E-state index < -0.39 is 0 Å². The molecule has 96 valence electrons. The maximum absolute atomic E-state index is 11.6. The quantitative estimate of drug-likeness (QED) is 0.736. The number of likely N-dealkylation sites (N-methyl/N-ethyl adjacent to an activating group) is 1. The topological polar surface area (TPSA) is 80.0 Å². The van der Waals surface area contributed by atoms with Gasteiger partial charge in [-0.1, -0.05) is 0 Å². The maximum Gasteiger partial charge on any atom is 0.242 e. The fourth-order valence-electron chi connectivity index (χ4n) is 1.70. The molecule has 1 atom stereocenters. The summed E-state index contributed by atoms with van der Waals surface area (Å²) >= 11 is 1.55. The van der Waals surface area contributed by atoms with Gasteiger partial charge in [0.05, 0.1) is 21.6 Å². The van der Waals surface area contributed by atoms with Crippen molar-refractivity contribution in [2.75, 3.05) is 17.6 Å². The Labute approximate surface area is 109 Å². The van der Waals surface area contributed by atoms with Crippen molar-refractivity contribution in [3.8, 4) is 0 Å². The molecule has 0 saturated carbocycles. The molecule has 0 fully saturated rings. The van der Waals surface area contributed by atoms with Gasteiger partial charge >= 0.3 is 0 Å². The Morgan fingerprint density at radius 1 is 1.56 bits per heavy atom. The number of benzene rings is 1. The van der Waals surface area contributed by atoms with E-state index in [9.17, 15) is 4.79 Å². The number of nitrogen functional groups attached to an aromatic ring is 1. The molecule has 0 bridgehead atoms. The molecule has 0 saturated heterocycles. The Bertz CT molecular complexity index is 566. The van der Waals surface area contributed by atoms with Crippen LogP contribution < -0.4 is 16.4 Å². The summed E-state index contributed by atoms with van der Waals surface area (Å²) in [5.74, 6) is -0.0460. The summed E-state index contributed by atoms with van der Waals surface area (Å²) in [5, 5.41) is 5.87. The zero-order valence-electron chi connectivity index (χ0n) is 10.4. The van der Waals surface area contributed by atoms with E-state index in [-0.39, 0.29) is 11.9 Å². The van der Waals surface area contributed by atoms with E-state index in [2.05, 4.69) is 15.6 Å². The minimum Gasteiger partial charge on any atom is -0.395 e. The standard InChI is InChI=1S/C12H16N4OS/c1-3-14-12(17)7(2)16-8-4-5-9-11(10(8)13)15-6-18-9/h4-7,16H,3,13H2,1-2H3,(H,14,17). The molecule has 0 aliphatic carbocycles. The van der Waals surface area contributed by atoms with Gasteiger partial charge in [0.25, 0.3) is 0 Å². The average Bonchev–Trinajstić information content (AvgIpc) is 2.82. The number of rotatable bonds is 4. The fourth-order valence-corrected chi connectivity index (χ4v) is 2.40. The lowest BCUT2D eigenvalue weighted by Gasteiger charge is -2.16. The van der Waals surface area contributed by atoms with Crippen LogP contribution in [0.25, 0.3) is 10.2 Å². The SMILES string of the molecule is CCNC(=O)C(C)Nc1ccc2scnc2c1N. The highest BCUT2D eigenvalue weighted by Gasteiger charge is 2.14. The van der Waals surface area contributed by atoms with Gasteiger partial charge in [-0.15, -0.1) is 11.3 Å². The van der Waals surface area contributed by atoms with Crippen LogP contribution in [0, 0.1) is 0 Å². The van der Waals surface area contributed by atoms with Gasteiger partial charge in [0.2, 0.25) is 5.91 Å². The first-order chi connectivity index (χ1) is 8.63. The molecule has 4 N–H and O–H groups in total. The van der Waals surface area contributed by atoms with Crippen molar-refractivity contribution in [2.24, 2.45) is 0 Å². The number of hydrogen-bond donors (Lipinski definition) is 3. The molecule has 1 unspecified atom stereocenters. The number of hydrogen-bond acceptors (Lipinski definition) is 5. The van der Waals surface area contributed by atoms with Crippen molar-refractivity contribution in [1.82, 2.24) is 10.3 Å². The number of fused-ring (bicyclic) bond motifs is 1. The molecule has 0 spiro atoms. The molecule has 0 aliphatic rings. The minimum atomic E-state index is -0.330. The van der Waals surface area contributed by atoms with Crippen molar-refractivity contribution in [3.05, 3.63) is 17.6 Å². The van der Waals surface area contributed by atoms with Crippen LogP contribution in [0.5, 0.6) is 0 Å². The molecule has 1 heterocycles. The Balaban J connectivity index is 2.21. The minimum absolute atomic E-state index is 0.0460. The molecule has 5 nitrogen and oxygen atoms in total. The number of nitrogens with zero attached hydrogens (tertiary/aromatic N) is 1. The highest BCUT2D eigenvalue weighted by atomic mass is 32.1. The third-order valence-electron chi connectivity index (χ3n) is 2.66. The third-order valence-corrected chi connectivity index (χ3v) is 3.45. The lowest BCUT2D eigenvalue weighted by molar-refractivity contribution is -0.121. The van der Waals surface area contributed by atoms with E-state index in [4.69, 9.17) is 5.73 Å². The van der Waals surface area contributed by atoms with Crippen LogP contribution in [-0.2, 0) is 4.79 Å². The Morgan fingerprint density at radius 2 is 2.33 bits per heavy atom. The normalized spacial score (nSPS) is 12.3. The second-order valence-corrected chi connectivity index (χ2v) is 4.87. The van der Waals surface area contributed by atoms with E-state index in [1.807, 2.05) is 19.1 Å². The average molecular weight is 264 g/mol. The van der Waals surface area contributed by atoms with Crippen LogP contribution in [0.15, 0.2) is 17.6 Å². The Kier molecular flexibility index (Phi) is 3.66. The number of nitrogens with one attached hydrogen (secondary N) is 2. The van der Waals surface area contributed by atoms with Crippen molar-refractivity contribution >= 4 is 38.8 Å². The summed E-state index contributed by atoms with van der Waals surface area (Å²) in [4.78, 5) is 15.9. The molecule has 2 rings (SSSR count). The molecule has 18 heavy (non-hydrogen) atoms. The van der Waals surface area contributed by atoms with E-state index in [1.165, 1.54) is 0 Å². The van der Waals surface area contributed by atoms with E-state index >= 15 is 0 Å². The van der Waals surface area contributed by atoms with E-state index in [0.29, 0.717) is 12.2 Å². The molecule has 6 heteroatoms. The number of aromatic nitrogens is 1. The van der Waals surface area contributed by atoms with Crippen LogP contribution in [0.3, 0.4) is 0 Å². The van der Waals surface area contributed by atoms with Crippen molar-refractivity contribution < 1.29 is 4.79 Å². The monoisotopic (exact) mass is 264 g/mol. The second kappa shape index (κ2) is 5.22. The molecular formula is C12H16N4OS. The van der Waals surface area contributed by atoms with Gasteiger partial charge < -0.3 is 16.4 Å². The predicted molar refractivity (Wildman–Crippen MR) is 75.8 cm³/mol. The van der Waals surface area contributed by atoms with Gasteiger partial charge in [-0.05, 0) is 26.0 Å².